The SMILES string of the molecule is CC(C)c1nnc(C2CCN(C(=O)NCCc3ccccc3)CC2)o1. The lowest BCUT2D eigenvalue weighted by Gasteiger charge is -2.30. The maximum absolute atomic E-state index is 12.3. The van der Waals surface area contributed by atoms with Gasteiger partial charge in [0.2, 0.25) is 11.8 Å². The van der Waals surface area contributed by atoms with Crippen LogP contribution < -0.4 is 5.32 Å². The molecule has 0 radical (unpaired) electrons. The van der Waals surface area contributed by atoms with Crippen molar-refractivity contribution in [2.45, 2.75) is 44.9 Å². The lowest BCUT2D eigenvalue weighted by Crippen LogP contribution is -2.44. The third kappa shape index (κ3) is 4.59. The van der Waals surface area contributed by atoms with E-state index in [1.807, 2.05) is 36.9 Å². The Morgan fingerprint density at radius 2 is 1.96 bits per heavy atom. The molecule has 2 aromatic rings. The fourth-order valence-corrected chi connectivity index (χ4v) is 3.04. The number of amides is 2. The van der Waals surface area contributed by atoms with Crippen LogP contribution in [0.4, 0.5) is 4.79 Å². The first-order valence-electron chi connectivity index (χ1n) is 9.03. The molecule has 1 N–H and O–H groups in total. The standard InChI is InChI=1S/C19H26N4O2/c1-14(2)17-21-22-18(25-17)16-9-12-23(13-10-16)19(24)20-11-8-15-6-4-3-5-7-15/h3-7,14,16H,8-13H2,1-2H3,(H,20,24). The molecule has 0 atom stereocenters. The summed E-state index contributed by atoms with van der Waals surface area (Å²) in [5, 5.41) is 11.3. The molecule has 134 valence electrons. The van der Waals surface area contributed by atoms with Gasteiger partial charge < -0.3 is 14.6 Å². The Morgan fingerprint density at radius 1 is 1.24 bits per heavy atom. The normalized spacial score (nSPS) is 15.6. The van der Waals surface area contributed by atoms with E-state index in [2.05, 4.69) is 27.6 Å². The van der Waals surface area contributed by atoms with Crippen molar-refractivity contribution in [2.75, 3.05) is 19.6 Å². The average molecular weight is 342 g/mol. The van der Waals surface area contributed by atoms with Crippen LogP contribution in [0.2, 0.25) is 0 Å². The first kappa shape index (κ1) is 17.5. The molecule has 1 aromatic carbocycles. The molecular weight excluding hydrogens is 316 g/mol. The van der Waals surface area contributed by atoms with Crippen molar-refractivity contribution in [3.8, 4) is 0 Å². The summed E-state index contributed by atoms with van der Waals surface area (Å²) in [6.07, 6.45) is 2.58. The molecule has 1 saturated heterocycles. The van der Waals surface area contributed by atoms with Crippen molar-refractivity contribution in [3.63, 3.8) is 0 Å². The number of hydrogen-bond acceptors (Lipinski definition) is 4. The van der Waals surface area contributed by atoms with Crippen LogP contribution in [-0.2, 0) is 6.42 Å². The van der Waals surface area contributed by atoms with E-state index in [4.69, 9.17) is 4.42 Å². The van der Waals surface area contributed by atoms with Gasteiger partial charge in [-0.15, -0.1) is 10.2 Å². The van der Waals surface area contributed by atoms with Crippen molar-refractivity contribution in [2.24, 2.45) is 0 Å². The van der Waals surface area contributed by atoms with Crippen molar-refractivity contribution >= 4 is 6.03 Å². The van der Waals surface area contributed by atoms with Crippen molar-refractivity contribution in [3.05, 3.63) is 47.7 Å². The molecule has 1 fully saturated rings. The third-order valence-corrected chi connectivity index (χ3v) is 4.61. The number of rotatable bonds is 5. The zero-order valence-electron chi connectivity index (χ0n) is 14.9. The molecule has 0 spiro atoms. The van der Waals surface area contributed by atoms with Crippen molar-refractivity contribution in [1.82, 2.24) is 20.4 Å². The first-order chi connectivity index (χ1) is 12.1. The van der Waals surface area contributed by atoms with Crippen LogP contribution in [0, 0.1) is 0 Å². The first-order valence-corrected chi connectivity index (χ1v) is 9.03. The molecule has 6 heteroatoms. The summed E-state index contributed by atoms with van der Waals surface area (Å²) >= 11 is 0. The molecule has 1 aromatic heterocycles. The van der Waals surface area contributed by atoms with Crippen LogP contribution in [0.15, 0.2) is 34.7 Å². The maximum Gasteiger partial charge on any atom is 0.317 e. The quantitative estimate of drug-likeness (QED) is 0.905. The minimum absolute atomic E-state index is 0.0165. The summed E-state index contributed by atoms with van der Waals surface area (Å²) in [6, 6.07) is 10.2. The van der Waals surface area contributed by atoms with Crippen LogP contribution >= 0.6 is 0 Å². The monoisotopic (exact) mass is 342 g/mol. The molecule has 0 unspecified atom stereocenters. The minimum Gasteiger partial charge on any atom is -0.425 e. The van der Waals surface area contributed by atoms with E-state index in [1.165, 1.54) is 5.56 Å². The second-order valence-electron chi connectivity index (χ2n) is 6.86. The molecule has 0 saturated carbocycles. The van der Waals surface area contributed by atoms with Gasteiger partial charge in [0.15, 0.2) is 0 Å². The van der Waals surface area contributed by atoms with Crippen LogP contribution in [0.3, 0.4) is 0 Å². The highest BCUT2D eigenvalue weighted by molar-refractivity contribution is 5.74. The van der Waals surface area contributed by atoms with E-state index in [9.17, 15) is 4.79 Å². The number of carbonyl (C=O) groups excluding carboxylic acids is 1. The Morgan fingerprint density at radius 3 is 2.60 bits per heavy atom. The molecule has 2 amide bonds. The molecule has 0 bridgehead atoms. The number of urea groups is 1. The number of likely N-dealkylation sites (tertiary alicyclic amines) is 1. The second-order valence-corrected chi connectivity index (χ2v) is 6.86. The lowest BCUT2D eigenvalue weighted by atomic mass is 9.97. The summed E-state index contributed by atoms with van der Waals surface area (Å²) in [5.74, 6) is 1.91. The van der Waals surface area contributed by atoms with E-state index < -0.39 is 0 Å². The number of nitrogens with one attached hydrogen (secondary N) is 1. The molecule has 6 nitrogen and oxygen atoms in total. The zero-order valence-corrected chi connectivity index (χ0v) is 14.9. The molecule has 3 rings (SSSR count). The number of piperidine rings is 1. The summed E-state index contributed by atoms with van der Waals surface area (Å²) in [7, 11) is 0. The Balaban J connectivity index is 1.42. The van der Waals surface area contributed by atoms with Gasteiger partial charge in [0.1, 0.15) is 0 Å². The Kier molecular flexibility index (Phi) is 5.68. The van der Waals surface area contributed by atoms with Gasteiger partial charge in [-0.05, 0) is 24.8 Å². The van der Waals surface area contributed by atoms with Gasteiger partial charge >= 0.3 is 6.03 Å². The topological polar surface area (TPSA) is 71.3 Å². The fourth-order valence-electron chi connectivity index (χ4n) is 3.04. The second kappa shape index (κ2) is 8.14. The highest BCUT2D eigenvalue weighted by Gasteiger charge is 2.27. The van der Waals surface area contributed by atoms with Crippen molar-refractivity contribution < 1.29 is 9.21 Å². The van der Waals surface area contributed by atoms with Crippen LogP contribution in [-0.4, -0.2) is 40.8 Å². The maximum atomic E-state index is 12.3. The number of benzene rings is 1. The van der Waals surface area contributed by atoms with E-state index in [1.54, 1.807) is 0 Å². The number of aromatic nitrogens is 2. The zero-order chi connectivity index (χ0) is 17.6. The van der Waals surface area contributed by atoms with E-state index >= 15 is 0 Å². The number of hydrogen-bond donors (Lipinski definition) is 1. The van der Waals surface area contributed by atoms with Gasteiger partial charge in [-0.25, -0.2) is 4.79 Å². The Labute approximate surface area is 148 Å². The van der Waals surface area contributed by atoms with Crippen molar-refractivity contribution in [1.29, 1.82) is 0 Å². The third-order valence-electron chi connectivity index (χ3n) is 4.61. The van der Waals surface area contributed by atoms with Gasteiger partial charge in [-0.1, -0.05) is 44.2 Å². The molecule has 1 aliphatic heterocycles. The average Bonchev–Trinajstić information content (AvgIpc) is 3.13. The van der Waals surface area contributed by atoms with Crippen LogP contribution in [0.1, 0.15) is 55.9 Å². The van der Waals surface area contributed by atoms with Gasteiger partial charge in [0, 0.05) is 31.5 Å². The number of nitrogens with zero attached hydrogens (tertiary/aromatic N) is 3. The highest BCUT2D eigenvalue weighted by atomic mass is 16.4. The van der Waals surface area contributed by atoms with E-state index in [-0.39, 0.29) is 17.9 Å². The van der Waals surface area contributed by atoms with Gasteiger partial charge in [0.25, 0.3) is 0 Å². The minimum atomic E-state index is 0.0165. The Hall–Kier alpha value is -2.37. The molecule has 25 heavy (non-hydrogen) atoms. The van der Waals surface area contributed by atoms with E-state index in [0.717, 1.165) is 32.4 Å². The molecular formula is C19H26N4O2. The van der Waals surface area contributed by atoms with Gasteiger partial charge in [-0.2, -0.15) is 0 Å². The fraction of sp³-hybridized carbons (Fsp3) is 0.526. The van der Waals surface area contributed by atoms with Gasteiger partial charge in [-0.3, -0.25) is 0 Å². The Bertz CT molecular complexity index is 676. The molecule has 1 aliphatic rings. The predicted molar refractivity (Wildman–Crippen MR) is 95.5 cm³/mol. The van der Waals surface area contributed by atoms with E-state index in [0.29, 0.717) is 18.3 Å². The molecule has 2 heterocycles. The van der Waals surface area contributed by atoms with Crippen LogP contribution in [0.5, 0.6) is 0 Å². The summed E-state index contributed by atoms with van der Waals surface area (Å²) in [4.78, 5) is 14.2. The van der Waals surface area contributed by atoms with Gasteiger partial charge in [0.05, 0.1) is 0 Å². The summed E-state index contributed by atoms with van der Waals surface area (Å²) in [5.41, 5.74) is 1.24. The summed E-state index contributed by atoms with van der Waals surface area (Å²) < 4.78 is 5.75. The smallest absolute Gasteiger partial charge is 0.317 e. The predicted octanol–water partition coefficient (Wildman–Crippen LogP) is 3.32. The summed E-state index contributed by atoms with van der Waals surface area (Å²) in [6.45, 7) is 6.19. The largest absolute Gasteiger partial charge is 0.425 e. The number of carbonyl (C=O) groups is 1. The lowest BCUT2D eigenvalue weighted by molar-refractivity contribution is 0.177. The van der Waals surface area contributed by atoms with Crippen LogP contribution in [0.25, 0.3) is 0 Å². The highest BCUT2D eigenvalue weighted by Crippen LogP contribution is 2.28. The molecule has 0 aliphatic carbocycles.